The SMILES string of the molecule is Cc1ccc(C(Br)c2cc(C)c(F)c(C)c2)cc1. The van der Waals surface area contributed by atoms with Crippen LogP contribution in [0.25, 0.3) is 0 Å². The van der Waals surface area contributed by atoms with E-state index in [4.69, 9.17) is 0 Å². The summed E-state index contributed by atoms with van der Waals surface area (Å²) in [5, 5.41) is 0. The molecule has 0 bridgehead atoms. The third kappa shape index (κ3) is 2.64. The molecule has 0 aromatic heterocycles. The van der Waals surface area contributed by atoms with E-state index in [1.807, 2.05) is 12.1 Å². The summed E-state index contributed by atoms with van der Waals surface area (Å²) in [4.78, 5) is 0.107. The molecular formula is C16H16BrF. The van der Waals surface area contributed by atoms with Crippen LogP contribution in [0, 0.1) is 26.6 Å². The van der Waals surface area contributed by atoms with Crippen LogP contribution in [-0.4, -0.2) is 0 Å². The van der Waals surface area contributed by atoms with Crippen molar-refractivity contribution < 1.29 is 4.39 Å². The van der Waals surface area contributed by atoms with Gasteiger partial charge in [-0.3, -0.25) is 0 Å². The quantitative estimate of drug-likeness (QED) is 0.666. The highest BCUT2D eigenvalue weighted by molar-refractivity contribution is 9.09. The van der Waals surface area contributed by atoms with Crippen LogP contribution in [0.5, 0.6) is 0 Å². The van der Waals surface area contributed by atoms with E-state index in [-0.39, 0.29) is 10.6 Å². The summed E-state index contributed by atoms with van der Waals surface area (Å²) in [6, 6.07) is 12.2. The molecule has 0 heterocycles. The third-order valence-electron chi connectivity index (χ3n) is 3.12. The molecule has 1 atom stereocenters. The van der Waals surface area contributed by atoms with Crippen molar-refractivity contribution in [2.45, 2.75) is 25.6 Å². The van der Waals surface area contributed by atoms with E-state index >= 15 is 0 Å². The first-order valence-electron chi connectivity index (χ1n) is 5.96. The van der Waals surface area contributed by atoms with Crippen LogP contribution in [-0.2, 0) is 0 Å². The van der Waals surface area contributed by atoms with E-state index in [0.29, 0.717) is 11.1 Å². The van der Waals surface area contributed by atoms with Gasteiger partial charge in [0.05, 0.1) is 4.83 Å². The lowest BCUT2D eigenvalue weighted by atomic mass is 9.99. The number of alkyl halides is 1. The van der Waals surface area contributed by atoms with Gasteiger partial charge in [-0.05, 0) is 43.0 Å². The minimum Gasteiger partial charge on any atom is -0.206 e. The molecule has 0 aliphatic carbocycles. The average molecular weight is 307 g/mol. The van der Waals surface area contributed by atoms with E-state index in [2.05, 4.69) is 47.1 Å². The first-order valence-corrected chi connectivity index (χ1v) is 6.88. The van der Waals surface area contributed by atoms with Gasteiger partial charge < -0.3 is 0 Å². The number of halogens is 2. The van der Waals surface area contributed by atoms with Crippen LogP contribution in [0.1, 0.15) is 32.6 Å². The van der Waals surface area contributed by atoms with Gasteiger partial charge >= 0.3 is 0 Å². The molecule has 2 aromatic rings. The predicted molar refractivity (Wildman–Crippen MR) is 77.8 cm³/mol. The predicted octanol–water partition coefficient (Wildman–Crippen LogP) is 5.24. The summed E-state index contributed by atoms with van der Waals surface area (Å²) in [6.45, 7) is 5.68. The summed E-state index contributed by atoms with van der Waals surface area (Å²) in [6.07, 6.45) is 0. The van der Waals surface area contributed by atoms with Crippen LogP contribution < -0.4 is 0 Å². The van der Waals surface area contributed by atoms with Gasteiger partial charge in [0.25, 0.3) is 0 Å². The fourth-order valence-corrected chi connectivity index (χ4v) is 2.62. The molecular weight excluding hydrogens is 291 g/mol. The summed E-state index contributed by atoms with van der Waals surface area (Å²) in [5.41, 5.74) is 4.91. The first-order chi connectivity index (χ1) is 8.49. The van der Waals surface area contributed by atoms with Gasteiger partial charge in [-0.2, -0.15) is 0 Å². The molecule has 94 valence electrons. The highest BCUT2D eigenvalue weighted by Gasteiger charge is 2.13. The largest absolute Gasteiger partial charge is 0.206 e. The normalized spacial score (nSPS) is 12.5. The van der Waals surface area contributed by atoms with Crippen LogP contribution in [0.4, 0.5) is 4.39 Å². The maximum Gasteiger partial charge on any atom is 0.129 e. The molecule has 1 unspecified atom stereocenters. The van der Waals surface area contributed by atoms with Gasteiger partial charge in [0, 0.05) is 0 Å². The standard InChI is InChI=1S/C16H16BrF/c1-10-4-6-13(7-5-10)15(17)14-8-11(2)16(18)12(3)9-14/h4-9,15H,1-3H3. The lowest BCUT2D eigenvalue weighted by Crippen LogP contribution is -1.97. The number of hydrogen-bond donors (Lipinski definition) is 0. The maximum atomic E-state index is 13.6. The molecule has 18 heavy (non-hydrogen) atoms. The van der Waals surface area contributed by atoms with E-state index in [1.54, 1.807) is 13.8 Å². The van der Waals surface area contributed by atoms with Crippen molar-refractivity contribution in [2.24, 2.45) is 0 Å². The zero-order valence-electron chi connectivity index (χ0n) is 10.8. The number of rotatable bonds is 2. The van der Waals surface area contributed by atoms with Crippen molar-refractivity contribution in [2.75, 3.05) is 0 Å². The van der Waals surface area contributed by atoms with Crippen molar-refractivity contribution in [3.05, 3.63) is 70.0 Å². The third-order valence-corrected chi connectivity index (χ3v) is 4.18. The summed E-state index contributed by atoms with van der Waals surface area (Å²) < 4.78 is 13.6. The Morgan fingerprint density at radius 1 is 0.889 bits per heavy atom. The van der Waals surface area contributed by atoms with Gasteiger partial charge in [0.2, 0.25) is 0 Å². The second-order valence-electron chi connectivity index (χ2n) is 4.74. The lowest BCUT2D eigenvalue weighted by Gasteiger charge is -2.13. The molecule has 0 amide bonds. The number of hydrogen-bond acceptors (Lipinski definition) is 0. The van der Waals surface area contributed by atoms with Gasteiger partial charge in [-0.15, -0.1) is 0 Å². The van der Waals surface area contributed by atoms with Crippen molar-refractivity contribution in [3.63, 3.8) is 0 Å². The highest BCUT2D eigenvalue weighted by atomic mass is 79.9. The molecule has 0 N–H and O–H groups in total. The number of benzene rings is 2. The highest BCUT2D eigenvalue weighted by Crippen LogP contribution is 2.32. The maximum absolute atomic E-state index is 13.6. The van der Waals surface area contributed by atoms with Crippen molar-refractivity contribution in [1.82, 2.24) is 0 Å². The van der Waals surface area contributed by atoms with Gasteiger partial charge in [-0.1, -0.05) is 57.9 Å². The average Bonchev–Trinajstić information content (AvgIpc) is 2.35. The van der Waals surface area contributed by atoms with Crippen LogP contribution in [0.15, 0.2) is 36.4 Å². The van der Waals surface area contributed by atoms with Crippen molar-refractivity contribution in [1.29, 1.82) is 0 Å². The molecule has 0 saturated heterocycles. The molecule has 2 heteroatoms. The molecule has 0 fully saturated rings. The second kappa shape index (κ2) is 5.23. The fourth-order valence-electron chi connectivity index (χ4n) is 2.05. The topological polar surface area (TPSA) is 0 Å². The molecule has 2 aromatic carbocycles. The lowest BCUT2D eigenvalue weighted by molar-refractivity contribution is 0.608. The Hall–Kier alpha value is -1.15. The van der Waals surface area contributed by atoms with Crippen LogP contribution >= 0.6 is 15.9 Å². The van der Waals surface area contributed by atoms with Gasteiger partial charge in [-0.25, -0.2) is 4.39 Å². The summed E-state index contributed by atoms with van der Waals surface area (Å²) >= 11 is 3.69. The Balaban J connectivity index is 2.39. The van der Waals surface area contributed by atoms with Crippen molar-refractivity contribution in [3.8, 4) is 0 Å². The molecule has 2 rings (SSSR count). The monoisotopic (exact) mass is 306 g/mol. The summed E-state index contributed by atoms with van der Waals surface area (Å²) in [5.74, 6) is -0.109. The minimum absolute atomic E-state index is 0.107. The molecule has 0 aliphatic rings. The smallest absolute Gasteiger partial charge is 0.129 e. The first kappa shape index (κ1) is 13.3. The Kier molecular flexibility index (Phi) is 3.86. The molecule has 0 aliphatic heterocycles. The van der Waals surface area contributed by atoms with E-state index in [1.165, 1.54) is 11.1 Å². The molecule has 0 spiro atoms. The second-order valence-corrected chi connectivity index (χ2v) is 5.66. The van der Waals surface area contributed by atoms with Crippen LogP contribution in [0.2, 0.25) is 0 Å². The minimum atomic E-state index is -0.109. The summed E-state index contributed by atoms with van der Waals surface area (Å²) in [7, 11) is 0. The Labute approximate surface area is 116 Å². The zero-order valence-corrected chi connectivity index (χ0v) is 12.4. The number of aryl methyl sites for hydroxylation is 3. The van der Waals surface area contributed by atoms with Gasteiger partial charge in [0.15, 0.2) is 0 Å². The van der Waals surface area contributed by atoms with E-state index < -0.39 is 0 Å². The van der Waals surface area contributed by atoms with Crippen LogP contribution in [0.3, 0.4) is 0 Å². The Morgan fingerprint density at radius 3 is 1.89 bits per heavy atom. The molecule has 0 saturated carbocycles. The zero-order chi connectivity index (χ0) is 13.3. The fraction of sp³-hybridized carbons (Fsp3) is 0.250. The molecule has 0 nitrogen and oxygen atoms in total. The molecule has 0 radical (unpaired) electrons. The Bertz CT molecular complexity index is 535. The van der Waals surface area contributed by atoms with E-state index in [0.717, 1.165) is 5.56 Å². The van der Waals surface area contributed by atoms with Crippen molar-refractivity contribution >= 4 is 15.9 Å². The van der Waals surface area contributed by atoms with Gasteiger partial charge in [0.1, 0.15) is 5.82 Å². The van der Waals surface area contributed by atoms with E-state index in [9.17, 15) is 4.39 Å². The Morgan fingerprint density at radius 2 is 1.39 bits per heavy atom.